The zero-order valence-electron chi connectivity index (χ0n) is 7.79. The molecule has 2 unspecified atom stereocenters. The van der Waals surface area contributed by atoms with Gasteiger partial charge in [-0.05, 0) is 34.1 Å². The lowest BCUT2D eigenvalue weighted by molar-refractivity contribution is -0.0223. The van der Waals surface area contributed by atoms with Gasteiger partial charge in [0.05, 0.1) is 17.8 Å². The molecule has 1 aliphatic rings. The molecule has 0 aliphatic carbocycles. The van der Waals surface area contributed by atoms with Gasteiger partial charge < -0.3 is 9.84 Å². The Hall–Kier alpha value is -0.0800. The Morgan fingerprint density at radius 1 is 1.36 bits per heavy atom. The Morgan fingerprint density at radius 3 is 2.09 bits per heavy atom. The van der Waals surface area contributed by atoms with Crippen LogP contribution in [0.25, 0.3) is 0 Å². The zero-order valence-corrected chi connectivity index (χ0v) is 7.79. The SMILES string of the molecule is CC1O[C@H](C)CC1C(C)(C)O. The number of ether oxygens (including phenoxy) is 1. The summed E-state index contributed by atoms with van der Waals surface area (Å²) < 4.78 is 5.54. The van der Waals surface area contributed by atoms with Crippen LogP contribution in [-0.2, 0) is 4.74 Å². The fourth-order valence-corrected chi connectivity index (χ4v) is 1.93. The molecular weight excluding hydrogens is 140 g/mol. The predicted molar refractivity (Wildman–Crippen MR) is 44.4 cm³/mol. The minimum Gasteiger partial charge on any atom is -0.390 e. The molecule has 0 aromatic carbocycles. The third kappa shape index (κ3) is 1.94. The first kappa shape index (κ1) is 9.01. The Balaban J connectivity index is 2.60. The van der Waals surface area contributed by atoms with E-state index in [2.05, 4.69) is 6.92 Å². The summed E-state index contributed by atoms with van der Waals surface area (Å²) in [6, 6.07) is 0. The van der Waals surface area contributed by atoms with Crippen LogP contribution in [0.4, 0.5) is 0 Å². The van der Waals surface area contributed by atoms with Gasteiger partial charge in [-0.1, -0.05) is 0 Å². The number of hydrogen-bond acceptors (Lipinski definition) is 2. The maximum atomic E-state index is 9.73. The standard InChI is InChI=1S/C9H18O2/c1-6-5-8(7(2)11-6)9(3,4)10/h6-8,10H,5H2,1-4H3/t6-,7?,8?/m1/s1. The second-order valence-corrected chi connectivity index (χ2v) is 4.15. The molecule has 0 amide bonds. The van der Waals surface area contributed by atoms with Gasteiger partial charge in [0.1, 0.15) is 0 Å². The molecule has 11 heavy (non-hydrogen) atoms. The highest BCUT2D eigenvalue weighted by Gasteiger charge is 2.38. The van der Waals surface area contributed by atoms with E-state index >= 15 is 0 Å². The fraction of sp³-hybridized carbons (Fsp3) is 1.00. The molecule has 1 N–H and O–H groups in total. The summed E-state index contributed by atoms with van der Waals surface area (Å²) in [6.45, 7) is 7.81. The monoisotopic (exact) mass is 158 g/mol. The van der Waals surface area contributed by atoms with E-state index in [-0.39, 0.29) is 12.0 Å². The summed E-state index contributed by atoms with van der Waals surface area (Å²) in [6.07, 6.45) is 1.48. The van der Waals surface area contributed by atoms with E-state index in [4.69, 9.17) is 4.74 Å². The molecule has 0 bridgehead atoms. The second-order valence-electron chi connectivity index (χ2n) is 4.15. The molecule has 1 heterocycles. The van der Waals surface area contributed by atoms with Crippen molar-refractivity contribution in [3.8, 4) is 0 Å². The predicted octanol–water partition coefficient (Wildman–Crippen LogP) is 1.57. The van der Waals surface area contributed by atoms with Crippen LogP contribution in [0.1, 0.15) is 34.1 Å². The molecule has 0 aromatic heterocycles. The molecule has 0 aromatic rings. The van der Waals surface area contributed by atoms with E-state index < -0.39 is 5.60 Å². The molecule has 66 valence electrons. The van der Waals surface area contributed by atoms with Crippen LogP contribution in [0.3, 0.4) is 0 Å². The molecule has 1 rings (SSSR count). The van der Waals surface area contributed by atoms with Crippen molar-refractivity contribution in [2.24, 2.45) is 5.92 Å². The molecular formula is C9H18O2. The number of hydrogen-bond donors (Lipinski definition) is 1. The van der Waals surface area contributed by atoms with Crippen LogP contribution < -0.4 is 0 Å². The van der Waals surface area contributed by atoms with Crippen molar-refractivity contribution < 1.29 is 9.84 Å². The smallest absolute Gasteiger partial charge is 0.0645 e. The summed E-state index contributed by atoms with van der Waals surface area (Å²) in [5, 5.41) is 9.73. The molecule has 2 nitrogen and oxygen atoms in total. The molecule has 0 spiro atoms. The van der Waals surface area contributed by atoms with Gasteiger partial charge in [-0.15, -0.1) is 0 Å². The Kier molecular flexibility index (Phi) is 2.26. The highest BCUT2D eigenvalue weighted by atomic mass is 16.5. The van der Waals surface area contributed by atoms with E-state index in [1.54, 1.807) is 0 Å². The van der Waals surface area contributed by atoms with Gasteiger partial charge in [-0.3, -0.25) is 0 Å². The molecule has 3 atom stereocenters. The van der Waals surface area contributed by atoms with Crippen molar-refractivity contribution in [3.05, 3.63) is 0 Å². The van der Waals surface area contributed by atoms with Crippen molar-refractivity contribution in [1.29, 1.82) is 0 Å². The van der Waals surface area contributed by atoms with Crippen molar-refractivity contribution in [2.75, 3.05) is 0 Å². The summed E-state index contributed by atoms with van der Waals surface area (Å²) in [4.78, 5) is 0. The topological polar surface area (TPSA) is 29.5 Å². The number of rotatable bonds is 1. The first-order valence-electron chi connectivity index (χ1n) is 4.29. The van der Waals surface area contributed by atoms with E-state index in [0.29, 0.717) is 6.10 Å². The summed E-state index contributed by atoms with van der Waals surface area (Å²) in [7, 11) is 0. The van der Waals surface area contributed by atoms with Crippen molar-refractivity contribution in [1.82, 2.24) is 0 Å². The second kappa shape index (κ2) is 2.76. The van der Waals surface area contributed by atoms with E-state index in [9.17, 15) is 5.11 Å². The Morgan fingerprint density at radius 2 is 1.91 bits per heavy atom. The Bertz CT molecular complexity index is 137. The largest absolute Gasteiger partial charge is 0.390 e. The van der Waals surface area contributed by atoms with Crippen molar-refractivity contribution in [2.45, 2.75) is 51.9 Å². The normalized spacial score (nSPS) is 39.5. The first-order chi connectivity index (χ1) is 4.91. The molecule has 0 radical (unpaired) electrons. The van der Waals surface area contributed by atoms with Crippen LogP contribution in [0.15, 0.2) is 0 Å². The van der Waals surface area contributed by atoms with E-state index in [1.807, 2.05) is 20.8 Å². The first-order valence-corrected chi connectivity index (χ1v) is 4.29. The van der Waals surface area contributed by atoms with E-state index in [1.165, 1.54) is 0 Å². The lowest BCUT2D eigenvalue weighted by Crippen LogP contribution is -2.35. The third-order valence-electron chi connectivity index (χ3n) is 2.51. The average molecular weight is 158 g/mol. The van der Waals surface area contributed by atoms with Crippen LogP contribution >= 0.6 is 0 Å². The van der Waals surface area contributed by atoms with Crippen LogP contribution in [0.2, 0.25) is 0 Å². The van der Waals surface area contributed by atoms with Gasteiger partial charge in [0.25, 0.3) is 0 Å². The zero-order chi connectivity index (χ0) is 8.65. The van der Waals surface area contributed by atoms with Crippen LogP contribution in [0, 0.1) is 5.92 Å². The third-order valence-corrected chi connectivity index (χ3v) is 2.51. The van der Waals surface area contributed by atoms with Gasteiger partial charge in [-0.25, -0.2) is 0 Å². The van der Waals surface area contributed by atoms with E-state index in [0.717, 1.165) is 6.42 Å². The molecule has 1 fully saturated rings. The highest BCUT2D eigenvalue weighted by Crippen LogP contribution is 2.33. The van der Waals surface area contributed by atoms with Crippen molar-refractivity contribution in [3.63, 3.8) is 0 Å². The minimum absolute atomic E-state index is 0.199. The van der Waals surface area contributed by atoms with Crippen LogP contribution in [-0.4, -0.2) is 22.9 Å². The lowest BCUT2D eigenvalue weighted by atomic mass is 9.85. The van der Waals surface area contributed by atoms with Gasteiger partial charge in [-0.2, -0.15) is 0 Å². The quantitative estimate of drug-likeness (QED) is 0.627. The highest BCUT2D eigenvalue weighted by molar-refractivity contribution is 4.88. The summed E-state index contributed by atoms with van der Waals surface area (Å²) >= 11 is 0. The lowest BCUT2D eigenvalue weighted by Gasteiger charge is -2.27. The maximum absolute atomic E-state index is 9.73. The summed E-state index contributed by atoms with van der Waals surface area (Å²) in [5.41, 5.74) is -0.593. The molecule has 1 saturated heterocycles. The Labute approximate surface area is 68.6 Å². The summed E-state index contributed by atoms with van der Waals surface area (Å²) in [5.74, 6) is 0.289. The van der Waals surface area contributed by atoms with Gasteiger partial charge >= 0.3 is 0 Å². The fourth-order valence-electron chi connectivity index (χ4n) is 1.93. The number of aliphatic hydroxyl groups is 1. The minimum atomic E-state index is -0.593. The van der Waals surface area contributed by atoms with Gasteiger partial charge in [0.2, 0.25) is 0 Å². The molecule has 2 heteroatoms. The molecule has 1 aliphatic heterocycles. The molecule has 0 saturated carbocycles. The van der Waals surface area contributed by atoms with Crippen molar-refractivity contribution >= 4 is 0 Å². The van der Waals surface area contributed by atoms with Gasteiger partial charge in [0.15, 0.2) is 0 Å². The average Bonchev–Trinajstić information content (AvgIpc) is 2.08. The maximum Gasteiger partial charge on any atom is 0.0645 e. The van der Waals surface area contributed by atoms with Crippen LogP contribution in [0.5, 0.6) is 0 Å². The van der Waals surface area contributed by atoms with Gasteiger partial charge in [0, 0.05) is 5.92 Å².